The van der Waals surface area contributed by atoms with Gasteiger partial charge in [-0.25, -0.2) is 8.78 Å². The van der Waals surface area contributed by atoms with E-state index >= 15 is 0 Å². The summed E-state index contributed by atoms with van der Waals surface area (Å²) in [5.74, 6) is -4.17. The predicted molar refractivity (Wildman–Crippen MR) is 113 cm³/mol. The number of benzene rings is 2. The van der Waals surface area contributed by atoms with Crippen molar-refractivity contribution >= 4 is 43.6 Å². The molecular formula is C19H21B2F2N3O5. The molecule has 2 aromatic carbocycles. The summed E-state index contributed by atoms with van der Waals surface area (Å²) >= 11 is 0. The van der Waals surface area contributed by atoms with Crippen LogP contribution in [0.1, 0.15) is 27.6 Å². The summed E-state index contributed by atoms with van der Waals surface area (Å²) in [5, 5.41) is 20.5. The maximum absolute atomic E-state index is 14.2. The molecule has 2 aromatic rings. The molecule has 8 nitrogen and oxygen atoms in total. The van der Waals surface area contributed by atoms with Crippen LogP contribution >= 0.6 is 0 Å². The Balaban J connectivity index is 2.15. The van der Waals surface area contributed by atoms with Crippen LogP contribution in [0, 0.1) is 11.6 Å². The molecule has 0 aliphatic carbocycles. The van der Waals surface area contributed by atoms with E-state index in [4.69, 9.17) is 15.8 Å². The molecule has 1 atom stereocenters. The summed E-state index contributed by atoms with van der Waals surface area (Å²) in [6.45, 7) is 0.810. The molecule has 0 saturated carbocycles. The Hall–Kier alpha value is -3.24. The number of nitrogens with two attached hydrogens (primary N) is 1. The fraction of sp³-hybridized carbons (Fsp3) is 0.211. The summed E-state index contributed by atoms with van der Waals surface area (Å²) in [5.41, 5.74) is 5.09. The average Bonchev–Trinajstić information content (AvgIpc) is 2.69. The lowest BCUT2D eigenvalue weighted by atomic mass is 9.80. The van der Waals surface area contributed by atoms with E-state index in [1.54, 1.807) is 13.9 Å². The minimum absolute atomic E-state index is 0.124. The van der Waals surface area contributed by atoms with Gasteiger partial charge in [-0.3, -0.25) is 14.4 Å². The summed E-state index contributed by atoms with van der Waals surface area (Å²) < 4.78 is 28.3. The molecule has 5 N–H and O–H groups in total. The van der Waals surface area contributed by atoms with E-state index in [1.165, 1.54) is 25.1 Å². The van der Waals surface area contributed by atoms with Crippen LogP contribution < -0.4 is 22.0 Å². The lowest BCUT2D eigenvalue weighted by molar-refractivity contribution is -0.119. The van der Waals surface area contributed by atoms with Gasteiger partial charge >= 0.3 is 7.12 Å². The zero-order valence-electron chi connectivity index (χ0n) is 16.9. The molecule has 0 spiro atoms. The fourth-order valence-electron chi connectivity index (χ4n) is 2.87. The van der Waals surface area contributed by atoms with E-state index in [0.717, 1.165) is 17.0 Å². The normalized spacial score (nSPS) is 11.5. The van der Waals surface area contributed by atoms with Gasteiger partial charge in [-0.05, 0) is 36.7 Å². The molecule has 0 fully saturated rings. The van der Waals surface area contributed by atoms with E-state index in [2.05, 4.69) is 5.32 Å². The Kier molecular flexibility index (Phi) is 7.89. The predicted octanol–water partition coefficient (Wildman–Crippen LogP) is -2.35. The van der Waals surface area contributed by atoms with Gasteiger partial charge in [0.1, 0.15) is 19.5 Å². The first-order valence-corrected chi connectivity index (χ1v) is 9.30. The first kappa shape index (κ1) is 24.0. The molecular weight excluding hydrogens is 410 g/mol. The molecule has 0 saturated heterocycles. The van der Waals surface area contributed by atoms with Gasteiger partial charge in [0.25, 0.3) is 11.8 Å². The third-order valence-corrected chi connectivity index (χ3v) is 4.57. The van der Waals surface area contributed by atoms with E-state index in [1.807, 2.05) is 0 Å². The summed E-state index contributed by atoms with van der Waals surface area (Å²) in [7, 11) is -0.231. The second kappa shape index (κ2) is 10.2. The third kappa shape index (κ3) is 6.12. The first-order valence-electron chi connectivity index (χ1n) is 9.30. The van der Waals surface area contributed by atoms with Gasteiger partial charge in [0, 0.05) is 12.6 Å². The van der Waals surface area contributed by atoms with Crippen molar-refractivity contribution in [1.82, 2.24) is 10.2 Å². The van der Waals surface area contributed by atoms with E-state index in [0.29, 0.717) is 5.46 Å². The molecule has 0 aliphatic heterocycles. The van der Waals surface area contributed by atoms with Gasteiger partial charge in [-0.15, -0.1) is 0 Å². The van der Waals surface area contributed by atoms with Crippen LogP contribution in [0.15, 0.2) is 36.4 Å². The quantitative estimate of drug-likeness (QED) is 0.348. The highest BCUT2D eigenvalue weighted by Crippen LogP contribution is 2.12. The zero-order valence-corrected chi connectivity index (χ0v) is 16.9. The Bertz CT molecular complexity index is 1010. The maximum Gasteiger partial charge on any atom is 0.488 e. The number of hydrogen-bond donors (Lipinski definition) is 4. The molecule has 0 radical (unpaired) electrons. The summed E-state index contributed by atoms with van der Waals surface area (Å²) in [6.07, 6.45) is 0. The zero-order chi connectivity index (χ0) is 23.3. The van der Waals surface area contributed by atoms with Crippen molar-refractivity contribution in [3.63, 3.8) is 0 Å². The van der Waals surface area contributed by atoms with E-state index in [-0.39, 0.29) is 23.1 Å². The lowest BCUT2D eigenvalue weighted by Crippen LogP contribution is -2.49. The SMILES string of the molecule is Bc1ccc(C(=O)N(CC(N)=O)[C@H](C)CNC(=O)c2ccc(B(O)O)cc2F)c(F)c1. The van der Waals surface area contributed by atoms with E-state index < -0.39 is 49.1 Å². The van der Waals surface area contributed by atoms with Crippen molar-refractivity contribution < 1.29 is 33.2 Å². The van der Waals surface area contributed by atoms with Crippen LogP contribution in [0.2, 0.25) is 0 Å². The molecule has 162 valence electrons. The third-order valence-electron chi connectivity index (χ3n) is 4.57. The topological polar surface area (TPSA) is 133 Å². The number of carbonyl (C=O) groups is 3. The number of nitrogens with one attached hydrogen (secondary N) is 1. The second-order valence-corrected chi connectivity index (χ2v) is 7.05. The number of primary amides is 1. The summed E-state index contributed by atoms with van der Waals surface area (Å²) in [6, 6.07) is 6.29. The average molecular weight is 431 g/mol. The van der Waals surface area contributed by atoms with Gasteiger partial charge in [0.15, 0.2) is 0 Å². The molecule has 12 heteroatoms. The van der Waals surface area contributed by atoms with Crippen molar-refractivity contribution in [3.8, 4) is 0 Å². The van der Waals surface area contributed by atoms with Crippen molar-refractivity contribution in [1.29, 1.82) is 0 Å². The largest absolute Gasteiger partial charge is 0.488 e. The van der Waals surface area contributed by atoms with Crippen molar-refractivity contribution in [3.05, 3.63) is 59.2 Å². The Morgan fingerprint density at radius 1 is 1.13 bits per heavy atom. The number of amides is 3. The number of rotatable bonds is 8. The van der Waals surface area contributed by atoms with Crippen molar-refractivity contribution in [2.45, 2.75) is 13.0 Å². The van der Waals surface area contributed by atoms with Crippen LogP contribution in [-0.2, 0) is 4.79 Å². The number of nitrogens with zero attached hydrogens (tertiary/aromatic N) is 1. The number of halogens is 2. The van der Waals surface area contributed by atoms with Gasteiger partial charge in [-0.2, -0.15) is 0 Å². The van der Waals surface area contributed by atoms with Crippen LogP contribution in [0.5, 0.6) is 0 Å². The van der Waals surface area contributed by atoms with Crippen molar-refractivity contribution in [2.75, 3.05) is 13.1 Å². The van der Waals surface area contributed by atoms with Crippen LogP contribution in [0.4, 0.5) is 8.78 Å². The number of hydrogen-bond acceptors (Lipinski definition) is 5. The standard InChI is InChI=1S/C19H21B2F2N3O5/c1-10(8-25-18(28)13-5-3-12(21(30)31)7-16(13)23)26(9-17(24)27)19(29)14-4-2-11(20)6-15(14)22/h2-7,10,30-31H,8-9,20H2,1H3,(H2,24,27)(H,25,28)/t10-/m1/s1. The molecule has 0 aliphatic rings. The Labute approximate surface area is 178 Å². The van der Waals surface area contributed by atoms with Crippen molar-refractivity contribution in [2.24, 2.45) is 5.73 Å². The van der Waals surface area contributed by atoms with Gasteiger partial charge < -0.3 is 26.0 Å². The molecule has 3 amide bonds. The minimum Gasteiger partial charge on any atom is -0.423 e. The molecule has 0 heterocycles. The molecule has 2 rings (SSSR count). The number of carbonyl (C=O) groups excluding carboxylic acids is 3. The van der Waals surface area contributed by atoms with Gasteiger partial charge in [-0.1, -0.05) is 17.6 Å². The highest BCUT2D eigenvalue weighted by Gasteiger charge is 2.26. The van der Waals surface area contributed by atoms with E-state index in [9.17, 15) is 23.2 Å². The minimum atomic E-state index is -1.89. The monoisotopic (exact) mass is 431 g/mol. The van der Waals surface area contributed by atoms with Gasteiger partial charge in [0.05, 0.1) is 17.7 Å². The van der Waals surface area contributed by atoms with Crippen LogP contribution in [-0.4, -0.2) is 66.8 Å². The highest BCUT2D eigenvalue weighted by molar-refractivity contribution is 6.58. The van der Waals surface area contributed by atoms with Crippen LogP contribution in [0.3, 0.4) is 0 Å². The molecule has 0 aromatic heterocycles. The molecule has 0 unspecified atom stereocenters. The fourth-order valence-corrected chi connectivity index (χ4v) is 2.87. The Morgan fingerprint density at radius 2 is 1.74 bits per heavy atom. The molecule has 0 bridgehead atoms. The second-order valence-electron chi connectivity index (χ2n) is 7.05. The van der Waals surface area contributed by atoms with Crippen LogP contribution in [0.25, 0.3) is 0 Å². The smallest absolute Gasteiger partial charge is 0.423 e. The maximum atomic E-state index is 14.2. The lowest BCUT2D eigenvalue weighted by Gasteiger charge is -2.28. The van der Waals surface area contributed by atoms with Gasteiger partial charge in [0.2, 0.25) is 5.91 Å². The summed E-state index contributed by atoms with van der Waals surface area (Å²) in [4.78, 5) is 37.5. The molecule has 31 heavy (non-hydrogen) atoms. The highest BCUT2D eigenvalue weighted by atomic mass is 19.1. The first-order chi connectivity index (χ1) is 14.5. The Morgan fingerprint density at radius 3 is 2.29 bits per heavy atom.